The fraction of sp³-hybridized carbons (Fsp3) is 0.350. The Morgan fingerprint density at radius 1 is 1.00 bits per heavy atom. The number of rotatable bonds is 6. The summed E-state index contributed by atoms with van der Waals surface area (Å²) in [6.07, 6.45) is 0.125. The van der Waals surface area contributed by atoms with Gasteiger partial charge in [0.25, 0.3) is 5.91 Å². The van der Waals surface area contributed by atoms with E-state index in [4.69, 9.17) is 9.47 Å². The van der Waals surface area contributed by atoms with Crippen LogP contribution < -0.4 is 14.8 Å². The van der Waals surface area contributed by atoms with E-state index >= 15 is 0 Å². The molecule has 2 rings (SSSR count). The molecule has 1 N–H and O–H groups in total. The molecule has 4 nitrogen and oxygen atoms in total. The van der Waals surface area contributed by atoms with Gasteiger partial charge in [-0.15, -0.1) is 0 Å². The van der Waals surface area contributed by atoms with Gasteiger partial charge in [0.2, 0.25) is 0 Å². The molecule has 0 radical (unpaired) electrons. The zero-order chi connectivity index (χ0) is 17.7. The van der Waals surface area contributed by atoms with Gasteiger partial charge >= 0.3 is 0 Å². The zero-order valence-electron chi connectivity index (χ0n) is 15.0. The third kappa shape index (κ3) is 4.75. The van der Waals surface area contributed by atoms with E-state index in [1.165, 1.54) is 0 Å². The van der Waals surface area contributed by atoms with E-state index in [-0.39, 0.29) is 18.6 Å². The van der Waals surface area contributed by atoms with Gasteiger partial charge in [0.1, 0.15) is 11.5 Å². The maximum Gasteiger partial charge on any atom is 0.262 e. The minimum Gasteiger partial charge on any atom is -0.491 e. The molecule has 0 aliphatic carbocycles. The quantitative estimate of drug-likeness (QED) is 0.854. The Labute approximate surface area is 143 Å². The Bertz CT molecular complexity index is 706. The molecule has 0 aliphatic rings. The van der Waals surface area contributed by atoms with Crippen LogP contribution in [-0.2, 0) is 4.79 Å². The lowest BCUT2D eigenvalue weighted by Crippen LogP contribution is -2.20. The molecule has 128 valence electrons. The first-order valence-corrected chi connectivity index (χ1v) is 8.13. The second-order valence-corrected chi connectivity index (χ2v) is 6.18. The molecule has 0 saturated carbocycles. The predicted octanol–water partition coefficient (Wildman–Crippen LogP) is 4.42. The Morgan fingerprint density at radius 2 is 1.62 bits per heavy atom. The summed E-state index contributed by atoms with van der Waals surface area (Å²) in [5.74, 6) is 1.38. The van der Waals surface area contributed by atoms with Crippen LogP contribution in [0.1, 0.15) is 30.5 Å². The van der Waals surface area contributed by atoms with Gasteiger partial charge in [-0.3, -0.25) is 4.79 Å². The highest BCUT2D eigenvalue weighted by Gasteiger charge is 2.09. The number of benzene rings is 2. The molecular formula is C20H25NO3. The van der Waals surface area contributed by atoms with E-state index in [0.717, 1.165) is 33.9 Å². The van der Waals surface area contributed by atoms with Crippen molar-refractivity contribution >= 4 is 11.6 Å². The summed E-state index contributed by atoms with van der Waals surface area (Å²) in [6, 6.07) is 11.4. The Kier molecular flexibility index (Phi) is 5.85. The van der Waals surface area contributed by atoms with E-state index in [1.54, 1.807) is 0 Å². The smallest absolute Gasteiger partial charge is 0.262 e. The van der Waals surface area contributed by atoms with Gasteiger partial charge < -0.3 is 14.8 Å². The number of anilines is 1. The maximum atomic E-state index is 12.1. The van der Waals surface area contributed by atoms with E-state index in [1.807, 2.05) is 65.0 Å². The van der Waals surface area contributed by atoms with E-state index in [0.29, 0.717) is 0 Å². The van der Waals surface area contributed by atoms with Crippen LogP contribution in [0.3, 0.4) is 0 Å². The lowest BCUT2D eigenvalue weighted by Gasteiger charge is -2.14. The molecule has 2 aromatic rings. The summed E-state index contributed by atoms with van der Waals surface area (Å²) in [7, 11) is 0. The van der Waals surface area contributed by atoms with E-state index < -0.39 is 0 Å². The standard InChI is InChI=1S/C20H25NO3/c1-13(2)24-18-10-8-17(9-11-18)21-19(22)12-23-20-15(4)7-6-14(3)16(20)5/h6-11,13H,12H2,1-5H3,(H,21,22). The van der Waals surface area contributed by atoms with Crippen molar-refractivity contribution in [2.24, 2.45) is 0 Å². The first kappa shape index (κ1) is 17.9. The molecule has 1 amide bonds. The number of amides is 1. The normalized spacial score (nSPS) is 10.6. The Hall–Kier alpha value is -2.49. The largest absolute Gasteiger partial charge is 0.491 e. The molecule has 0 fully saturated rings. The van der Waals surface area contributed by atoms with Gasteiger partial charge in [0.15, 0.2) is 6.61 Å². The molecule has 0 heterocycles. The molecule has 0 spiro atoms. The monoisotopic (exact) mass is 327 g/mol. The molecule has 4 heteroatoms. The zero-order valence-corrected chi connectivity index (χ0v) is 15.0. The number of carbonyl (C=O) groups excluding carboxylic acids is 1. The minimum atomic E-state index is -0.187. The summed E-state index contributed by atoms with van der Waals surface area (Å²) in [4.78, 5) is 12.1. The summed E-state index contributed by atoms with van der Waals surface area (Å²) < 4.78 is 11.3. The number of nitrogens with one attached hydrogen (secondary N) is 1. The maximum absolute atomic E-state index is 12.1. The molecule has 24 heavy (non-hydrogen) atoms. The first-order chi connectivity index (χ1) is 11.4. The molecule has 0 saturated heterocycles. The number of carbonyl (C=O) groups is 1. The molecule has 0 atom stereocenters. The summed E-state index contributed by atoms with van der Waals surface area (Å²) in [5, 5.41) is 2.83. The van der Waals surface area contributed by atoms with Crippen molar-refractivity contribution in [3.8, 4) is 11.5 Å². The lowest BCUT2D eigenvalue weighted by atomic mass is 10.1. The SMILES string of the molecule is Cc1ccc(C)c(OCC(=O)Nc2ccc(OC(C)C)cc2)c1C. The van der Waals surface area contributed by atoms with Crippen LogP contribution in [0.5, 0.6) is 11.5 Å². The van der Waals surface area contributed by atoms with Crippen LogP contribution in [0.25, 0.3) is 0 Å². The van der Waals surface area contributed by atoms with Gasteiger partial charge in [-0.1, -0.05) is 12.1 Å². The molecule has 0 unspecified atom stereocenters. The van der Waals surface area contributed by atoms with Crippen LogP contribution in [0.15, 0.2) is 36.4 Å². The molecular weight excluding hydrogens is 302 g/mol. The first-order valence-electron chi connectivity index (χ1n) is 8.13. The topological polar surface area (TPSA) is 47.6 Å². The average molecular weight is 327 g/mol. The van der Waals surface area contributed by atoms with Crippen molar-refractivity contribution in [1.82, 2.24) is 0 Å². The van der Waals surface area contributed by atoms with Crippen molar-refractivity contribution in [3.63, 3.8) is 0 Å². The lowest BCUT2D eigenvalue weighted by molar-refractivity contribution is -0.118. The molecule has 0 aromatic heterocycles. The van der Waals surface area contributed by atoms with Gasteiger partial charge in [0.05, 0.1) is 6.10 Å². The van der Waals surface area contributed by atoms with Crippen molar-refractivity contribution in [1.29, 1.82) is 0 Å². The Balaban J connectivity index is 1.93. The predicted molar refractivity (Wildman–Crippen MR) is 97.0 cm³/mol. The highest BCUT2D eigenvalue weighted by molar-refractivity contribution is 5.91. The Morgan fingerprint density at radius 3 is 2.25 bits per heavy atom. The number of hydrogen-bond donors (Lipinski definition) is 1. The van der Waals surface area contributed by atoms with Crippen molar-refractivity contribution < 1.29 is 14.3 Å². The van der Waals surface area contributed by atoms with E-state index in [2.05, 4.69) is 11.4 Å². The number of hydrogen-bond acceptors (Lipinski definition) is 3. The fourth-order valence-electron chi connectivity index (χ4n) is 2.37. The van der Waals surface area contributed by atoms with Crippen molar-refractivity contribution in [3.05, 3.63) is 53.1 Å². The highest BCUT2D eigenvalue weighted by Crippen LogP contribution is 2.25. The van der Waals surface area contributed by atoms with Crippen molar-refractivity contribution in [2.75, 3.05) is 11.9 Å². The third-order valence-corrected chi connectivity index (χ3v) is 3.73. The minimum absolute atomic E-state index is 0.0185. The second-order valence-electron chi connectivity index (χ2n) is 6.18. The summed E-state index contributed by atoms with van der Waals surface area (Å²) in [6.45, 7) is 9.94. The van der Waals surface area contributed by atoms with E-state index in [9.17, 15) is 4.79 Å². The van der Waals surface area contributed by atoms with Crippen molar-refractivity contribution in [2.45, 2.75) is 40.7 Å². The van der Waals surface area contributed by atoms with Gasteiger partial charge in [-0.2, -0.15) is 0 Å². The van der Waals surface area contributed by atoms with Crippen LogP contribution in [0.2, 0.25) is 0 Å². The number of aryl methyl sites for hydroxylation is 2. The summed E-state index contributed by atoms with van der Waals surface area (Å²) >= 11 is 0. The number of ether oxygens (including phenoxy) is 2. The van der Waals surface area contributed by atoms with Crippen LogP contribution >= 0.6 is 0 Å². The average Bonchev–Trinajstić information content (AvgIpc) is 2.52. The molecule has 0 aliphatic heterocycles. The summed E-state index contributed by atoms with van der Waals surface area (Å²) in [5.41, 5.74) is 3.97. The fourth-order valence-corrected chi connectivity index (χ4v) is 2.37. The molecule has 0 bridgehead atoms. The van der Waals surface area contributed by atoms with Crippen LogP contribution in [-0.4, -0.2) is 18.6 Å². The van der Waals surface area contributed by atoms with Gasteiger partial charge in [-0.25, -0.2) is 0 Å². The van der Waals surface area contributed by atoms with Gasteiger partial charge in [-0.05, 0) is 75.6 Å². The third-order valence-electron chi connectivity index (χ3n) is 3.73. The van der Waals surface area contributed by atoms with Crippen LogP contribution in [0.4, 0.5) is 5.69 Å². The highest BCUT2D eigenvalue weighted by atomic mass is 16.5. The molecule has 2 aromatic carbocycles. The van der Waals surface area contributed by atoms with Gasteiger partial charge in [0, 0.05) is 5.69 Å². The van der Waals surface area contributed by atoms with Crippen LogP contribution in [0, 0.1) is 20.8 Å². The second kappa shape index (κ2) is 7.86.